The summed E-state index contributed by atoms with van der Waals surface area (Å²) in [5.74, 6) is 0.0201. The van der Waals surface area contributed by atoms with Crippen LogP contribution in [-0.4, -0.2) is 15.8 Å². The van der Waals surface area contributed by atoms with Gasteiger partial charge in [-0.15, -0.1) is 0 Å². The molecule has 0 fully saturated rings. The molecule has 1 atom stereocenters. The summed E-state index contributed by atoms with van der Waals surface area (Å²) in [6, 6.07) is 0. The molecule has 1 heterocycles. The van der Waals surface area contributed by atoms with Crippen LogP contribution < -0.4 is 0 Å². The van der Waals surface area contributed by atoms with E-state index in [1.54, 1.807) is 17.1 Å². The summed E-state index contributed by atoms with van der Waals surface area (Å²) in [7, 11) is 0. The third-order valence-electron chi connectivity index (χ3n) is 1.88. The molecule has 5 heteroatoms. The minimum Gasteiger partial charge on any atom is -0.294 e. The first kappa shape index (κ1) is 12.5. The largest absolute Gasteiger partial charge is 0.294 e. The normalized spacial score (nSPS) is 17.9. The Labute approximate surface area is 109 Å². The van der Waals surface area contributed by atoms with Crippen molar-refractivity contribution in [3.63, 3.8) is 0 Å². The second-order valence-corrected chi connectivity index (χ2v) is 6.62. The number of rotatable bonds is 3. The lowest BCUT2D eigenvalue weighted by Gasteiger charge is -2.24. The zero-order valence-electron chi connectivity index (χ0n) is 7.64. The van der Waals surface area contributed by atoms with E-state index in [2.05, 4.69) is 54.7 Å². The molecule has 78 valence electrons. The van der Waals surface area contributed by atoms with Crippen molar-refractivity contribution in [2.75, 3.05) is 0 Å². The van der Waals surface area contributed by atoms with E-state index in [0.717, 1.165) is 21.9 Å². The molecule has 1 aliphatic heterocycles. The van der Waals surface area contributed by atoms with E-state index < -0.39 is 0 Å². The van der Waals surface area contributed by atoms with Crippen molar-refractivity contribution in [1.82, 2.24) is 4.90 Å². The predicted molar refractivity (Wildman–Crippen MR) is 68.5 cm³/mol. The highest BCUT2D eigenvalue weighted by Gasteiger charge is 2.27. The van der Waals surface area contributed by atoms with Gasteiger partial charge in [-0.3, -0.25) is 9.69 Å². The molecular weight excluding hydrogens is 378 g/mol. The number of amides is 1. The molecule has 1 aliphatic rings. The lowest BCUT2D eigenvalue weighted by atomic mass is 10.3. The van der Waals surface area contributed by atoms with Crippen molar-refractivity contribution >= 4 is 53.7 Å². The molecule has 0 saturated heterocycles. The molecule has 0 aliphatic carbocycles. The number of allylic oxidation sites excluding steroid dienone is 1. The molecule has 1 unspecified atom stereocenters. The first-order valence-electron chi connectivity index (χ1n) is 4.28. The second-order valence-electron chi connectivity index (χ2n) is 2.91. The van der Waals surface area contributed by atoms with Crippen LogP contribution in [-0.2, 0) is 4.79 Å². The minimum absolute atomic E-state index is 0.0201. The molecule has 0 bridgehead atoms. The number of alkyl halides is 1. The lowest BCUT2D eigenvalue weighted by Crippen LogP contribution is -2.31. The van der Waals surface area contributed by atoms with Gasteiger partial charge in [0.15, 0.2) is 0 Å². The van der Waals surface area contributed by atoms with Gasteiger partial charge in [-0.1, -0.05) is 29.3 Å². The average molecular weight is 388 g/mol. The Morgan fingerprint density at radius 2 is 2.14 bits per heavy atom. The van der Waals surface area contributed by atoms with Crippen LogP contribution in [0.1, 0.15) is 19.8 Å². The highest BCUT2D eigenvalue weighted by Crippen LogP contribution is 2.31. The molecule has 0 aromatic rings. The Morgan fingerprint density at radius 1 is 1.50 bits per heavy atom. The first-order chi connectivity index (χ1) is 6.57. The Kier molecular flexibility index (Phi) is 4.87. The zero-order valence-corrected chi connectivity index (χ0v) is 12.4. The number of nitrogens with zero attached hydrogens (tertiary/aromatic N) is 1. The molecule has 14 heavy (non-hydrogen) atoms. The third-order valence-corrected chi connectivity index (χ3v) is 3.56. The van der Waals surface area contributed by atoms with Crippen LogP contribution in [0.4, 0.5) is 0 Å². The van der Waals surface area contributed by atoms with Crippen LogP contribution >= 0.6 is 47.8 Å². The Bertz CT molecular complexity index is 294. The van der Waals surface area contributed by atoms with E-state index in [-0.39, 0.29) is 10.9 Å². The van der Waals surface area contributed by atoms with E-state index in [9.17, 15) is 4.79 Å². The monoisotopic (exact) mass is 385 g/mol. The Balaban J connectivity index is 2.86. The summed E-state index contributed by atoms with van der Waals surface area (Å²) < 4.78 is 0.799. The molecule has 0 spiro atoms. The Morgan fingerprint density at radius 3 is 2.64 bits per heavy atom. The molecule has 1 rings (SSSR count). The van der Waals surface area contributed by atoms with Gasteiger partial charge in [0, 0.05) is 6.08 Å². The van der Waals surface area contributed by atoms with Crippen molar-refractivity contribution in [3.8, 4) is 0 Å². The van der Waals surface area contributed by atoms with Gasteiger partial charge in [0.25, 0.3) is 5.91 Å². The highest BCUT2D eigenvalue weighted by atomic mass is 79.9. The first-order valence-corrected chi connectivity index (χ1v) is 6.78. The second kappa shape index (κ2) is 5.47. The van der Waals surface area contributed by atoms with Gasteiger partial charge in [-0.25, -0.2) is 0 Å². The SMILES string of the molecule is CCCC(Br)N1C(=O)C=CC1=C(Br)Br. The lowest BCUT2D eigenvalue weighted by molar-refractivity contribution is -0.123. The standard InChI is InChI=1S/C9H10Br3NO/c1-2-3-7(10)13-6(9(11)12)4-5-8(13)14/h4-5,7H,2-3H2,1H3. The number of hydrogen-bond acceptors (Lipinski definition) is 1. The number of hydrogen-bond donors (Lipinski definition) is 0. The van der Waals surface area contributed by atoms with Gasteiger partial charge < -0.3 is 0 Å². The quantitative estimate of drug-likeness (QED) is 0.532. The molecule has 0 aromatic heterocycles. The minimum atomic E-state index is 0.0201. The summed E-state index contributed by atoms with van der Waals surface area (Å²) in [5.41, 5.74) is 0.866. The number of halogens is 3. The van der Waals surface area contributed by atoms with Crippen LogP contribution in [0.5, 0.6) is 0 Å². The van der Waals surface area contributed by atoms with Gasteiger partial charge in [-0.05, 0) is 44.4 Å². The summed E-state index contributed by atoms with van der Waals surface area (Å²) >= 11 is 10.1. The summed E-state index contributed by atoms with van der Waals surface area (Å²) in [4.78, 5) is 13.3. The maximum atomic E-state index is 11.5. The van der Waals surface area contributed by atoms with Crippen LogP contribution in [0.15, 0.2) is 21.2 Å². The van der Waals surface area contributed by atoms with E-state index in [1.807, 2.05) is 0 Å². The van der Waals surface area contributed by atoms with Crippen molar-refractivity contribution < 1.29 is 4.79 Å². The Hall–Kier alpha value is 0.390. The van der Waals surface area contributed by atoms with E-state index in [1.165, 1.54) is 0 Å². The van der Waals surface area contributed by atoms with Crippen LogP contribution in [0.25, 0.3) is 0 Å². The molecule has 0 radical (unpaired) electrons. The van der Waals surface area contributed by atoms with Crippen LogP contribution in [0, 0.1) is 0 Å². The number of carbonyl (C=O) groups excluding carboxylic acids is 1. The highest BCUT2D eigenvalue weighted by molar-refractivity contribution is 9.28. The number of carbonyl (C=O) groups is 1. The molecule has 0 aromatic carbocycles. The smallest absolute Gasteiger partial charge is 0.252 e. The topological polar surface area (TPSA) is 20.3 Å². The molecule has 0 saturated carbocycles. The van der Waals surface area contributed by atoms with Gasteiger partial charge >= 0.3 is 0 Å². The fourth-order valence-electron chi connectivity index (χ4n) is 1.24. The molecular formula is C9H10Br3NO. The van der Waals surface area contributed by atoms with Gasteiger partial charge in [0.2, 0.25) is 0 Å². The van der Waals surface area contributed by atoms with Gasteiger partial charge in [0.05, 0.1) is 14.0 Å². The fraction of sp³-hybridized carbons (Fsp3) is 0.444. The maximum absolute atomic E-state index is 11.5. The van der Waals surface area contributed by atoms with Crippen molar-refractivity contribution in [2.45, 2.75) is 24.7 Å². The van der Waals surface area contributed by atoms with Crippen LogP contribution in [0.3, 0.4) is 0 Å². The maximum Gasteiger partial charge on any atom is 0.252 e. The van der Waals surface area contributed by atoms with Crippen molar-refractivity contribution in [3.05, 3.63) is 21.2 Å². The molecule has 0 N–H and O–H groups in total. The van der Waals surface area contributed by atoms with E-state index in [4.69, 9.17) is 0 Å². The van der Waals surface area contributed by atoms with E-state index >= 15 is 0 Å². The van der Waals surface area contributed by atoms with Crippen molar-refractivity contribution in [2.24, 2.45) is 0 Å². The third kappa shape index (κ3) is 2.70. The average Bonchev–Trinajstić information content (AvgIpc) is 2.47. The molecule has 2 nitrogen and oxygen atoms in total. The van der Waals surface area contributed by atoms with Gasteiger partial charge in [-0.2, -0.15) is 0 Å². The van der Waals surface area contributed by atoms with Gasteiger partial charge in [0.1, 0.15) is 0 Å². The fourth-order valence-corrected chi connectivity index (χ4v) is 2.77. The summed E-state index contributed by atoms with van der Waals surface area (Å²) in [6.07, 6.45) is 5.34. The van der Waals surface area contributed by atoms with Crippen LogP contribution in [0.2, 0.25) is 0 Å². The zero-order chi connectivity index (χ0) is 10.7. The van der Waals surface area contributed by atoms with Crippen molar-refractivity contribution in [1.29, 1.82) is 0 Å². The molecule has 1 amide bonds. The summed E-state index contributed by atoms with van der Waals surface area (Å²) in [5, 5.41) is 0. The predicted octanol–water partition coefficient (Wildman–Crippen LogP) is 3.86. The summed E-state index contributed by atoms with van der Waals surface area (Å²) in [6.45, 7) is 2.09. The van der Waals surface area contributed by atoms with E-state index in [0.29, 0.717) is 0 Å².